The summed E-state index contributed by atoms with van der Waals surface area (Å²) in [4.78, 5) is 5.50. The van der Waals surface area contributed by atoms with Crippen LogP contribution in [0.3, 0.4) is 0 Å². The van der Waals surface area contributed by atoms with Crippen LogP contribution in [0.1, 0.15) is 79.1 Å². The third-order valence-corrected chi connectivity index (χ3v) is 6.55. The molecule has 24 heavy (non-hydrogen) atoms. The quantitative estimate of drug-likeness (QED) is 0.528. The molecule has 0 aromatic heterocycles. The van der Waals surface area contributed by atoms with E-state index in [2.05, 4.69) is 37.5 Å². The minimum absolute atomic E-state index is 0.881. The standard InChI is InChI=1S/C22H44N2/c1-19(2)8-6-5-7-13-23-14-9-21(10-15-23)18-24-16-11-22(12-17-24)20(3)4/h19-22H,5-18H2,1-4H3. The lowest BCUT2D eigenvalue weighted by molar-refractivity contribution is 0.107. The number of piperidine rings is 2. The normalized spacial score (nSPS) is 22.8. The smallest absolute Gasteiger partial charge is 0.00106 e. The fraction of sp³-hybridized carbons (Fsp3) is 1.00. The van der Waals surface area contributed by atoms with Crippen LogP contribution in [0, 0.1) is 23.7 Å². The van der Waals surface area contributed by atoms with E-state index in [4.69, 9.17) is 0 Å². The van der Waals surface area contributed by atoms with Crippen LogP contribution < -0.4 is 0 Å². The molecule has 142 valence electrons. The molecule has 0 aromatic rings. The molecular formula is C22H44N2. The van der Waals surface area contributed by atoms with E-state index >= 15 is 0 Å². The van der Waals surface area contributed by atoms with Crippen LogP contribution in [0.2, 0.25) is 0 Å². The first-order valence-corrected chi connectivity index (χ1v) is 11.0. The lowest BCUT2D eigenvalue weighted by Gasteiger charge is -2.38. The Bertz CT molecular complexity index is 310. The molecule has 2 fully saturated rings. The summed E-state index contributed by atoms with van der Waals surface area (Å²) in [6.45, 7) is 17.7. The minimum atomic E-state index is 0.881. The molecule has 2 rings (SSSR count). The molecule has 0 aromatic carbocycles. The maximum absolute atomic E-state index is 2.77. The Morgan fingerprint density at radius 1 is 0.750 bits per heavy atom. The zero-order chi connectivity index (χ0) is 17.4. The monoisotopic (exact) mass is 336 g/mol. The van der Waals surface area contributed by atoms with Crippen LogP contribution in [0.25, 0.3) is 0 Å². The SMILES string of the molecule is CC(C)CCCCCN1CCC(CN2CCC(C(C)C)CC2)CC1. The molecule has 0 radical (unpaired) electrons. The Hall–Kier alpha value is -0.0800. The molecule has 0 spiro atoms. The molecular weight excluding hydrogens is 292 g/mol. The summed E-state index contributed by atoms with van der Waals surface area (Å²) in [6.07, 6.45) is 11.4. The van der Waals surface area contributed by atoms with Crippen molar-refractivity contribution in [2.24, 2.45) is 23.7 Å². The highest BCUT2D eigenvalue weighted by Crippen LogP contribution is 2.26. The highest BCUT2D eigenvalue weighted by molar-refractivity contribution is 4.79. The highest BCUT2D eigenvalue weighted by atomic mass is 15.1. The average molecular weight is 337 g/mol. The molecule has 0 bridgehead atoms. The Kier molecular flexibility index (Phi) is 9.11. The van der Waals surface area contributed by atoms with E-state index < -0.39 is 0 Å². The van der Waals surface area contributed by atoms with Gasteiger partial charge in [-0.3, -0.25) is 0 Å². The zero-order valence-electron chi connectivity index (χ0n) is 17.1. The number of hydrogen-bond acceptors (Lipinski definition) is 2. The molecule has 2 saturated heterocycles. The molecule has 0 aliphatic carbocycles. The van der Waals surface area contributed by atoms with Gasteiger partial charge in [0, 0.05) is 6.54 Å². The summed E-state index contributed by atoms with van der Waals surface area (Å²) >= 11 is 0. The largest absolute Gasteiger partial charge is 0.303 e. The maximum atomic E-state index is 2.77. The van der Waals surface area contributed by atoms with Crippen LogP contribution >= 0.6 is 0 Å². The molecule has 2 aliphatic rings. The number of hydrogen-bond donors (Lipinski definition) is 0. The highest BCUT2D eigenvalue weighted by Gasteiger charge is 2.25. The van der Waals surface area contributed by atoms with Gasteiger partial charge in [-0.25, -0.2) is 0 Å². The van der Waals surface area contributed by atoms with Gasteiger partial charge in [0.1, 0.15) is 0 Å². The Morgan fingerprint density at radius 3 is 1.96 bits per heavy atom. The van der Waals surface area contributed by atoms with Crippen LogP contribution in [0.5, 0.6) is 0 Å². The Morgan fingerprint density at radius 2 is 1.38 bits per heavy atom. The van der Waals surface area contributed by atoms with Crippen molar-refractivity contribution in [2.75, 3.05) is 39.3 Å². The third-order valence-electron chi connectivity index (χ3n) is 6.55. The van der Waals surface area contributed by atoms with Gasteiger partial charge in [-0.05, 0) is 88.5 Å². The van der Waals surface area contributed by atoms with Crippen molar-refractivity contribution in [2.45, 2.75) is 79.1 Å². The predicted octanol–water partition coefficient (Wildman–Crippen LogP) is 5.28. The topological polar surface area (TPSA) is 6.48 Å². The molecule has 2 heterocycles. The van der Waals surface area contributed by atoms with Crippen molar-refractivity contribution in [3.05, 3.63) is 0 Å². The van der Waals surface area contributed by atoms with Crippen LogP contribution in [-0.2, 0) is 0 Å². The summed E-state index contributed by atoms with van der Waals surface area (Å²) < 4.78 is 0. The summed E-state index contributed by atoms with van der Waals surface area (Å²) in [5.41, 5.74) is 0. The van der Waals surface area contributed by atoms with Gasteiger partial charge in [0.2, 0.25) is 0 Å². The van der Waals surface area contributed by atoms with Crippen molar-refractivity contribution in [3.8, 4) is 0 Å². The van der Waals surface area contributed by atoms with Crippen molar-refractivity contribution in [1.29, 1.82) is 0 Å². The predicted molar refractivity (Wildman–Crippen MR) is 106 cm³/mol. The summed E-state index contributed by atoms with van der Waals surface area (Å²) in [7, 11) is 0. The van der Waals surface area contributed by atoms with Crippen LogP contribution in [0.15, 0.2) is 0 Å². The lowest BCUT2D eigenvalue weighted by atomic mass is 9.86. The lowest BCUT2D eigenvalue weighted by Crippen LogP contribution is -2.42. The van der Waals surface area contributed by atoms with Gasteiger partial charge in [-0.2, -0.15) is 0 Å². The number of unbranched alkanes of at least 4 members (excludes halogenated alkanes) is 2. The van der Waals surface area contributed by atoms with E-state index in [1.54, 1.807) is 0 Å². The molecule has 0 atom stereocenters. The van der Waals surface area contributed by atoms with E-state index in [0.29, 0.717) is 0 Å². The van der Waals surface area contributed by atoms with Gasteiger partial charge in [0.25, 0.3) is 0 Å². The third kappa shape index (κ3) is 7.44. The Balaban J connectivity index is 1.52. The van der Waals surface area contributed by atoms with Crippen LogP contribution in [-0.4, -0.2) is 49.1 Å². The van der Waals surface area contributed by atoms with Gasteiger partial charge in [-0.1, -0.05) is 47.0 Å². The average Bonchev–Trinajstić information content (AvgIpc) is 2.56. The van der Waals surface area contributed by atoms with Gasteiger partial charge in [-0.15, -0.1) is 0 Å². The second-order valence-electron chi connectivity index (χ2n) is 9.41. The van der Waals surface area contributed by atoms with Crippen LogP contribution in [0.4, 0.5) is 0 Å². The first-order valence-electron chi connectivity index (χ1n) is 11.0. The van der Waals surface area contributed by atoms with E-state index in [1.807, 2.05) is 0 Å². The molecule has 0 amide bonds. The van der Waals surface area contributed by atoms with Crippen molar-refractivity contribution >= 4 is 0 Å². The van der Waals surface area contributed by atoms with E-state index in [1.165, 1.54) is 90.6 Å². The van der Waals surface area contributed by atoms with E-state index in [9.17, 15) is 0 Å². The second-order valence-corrected chi connectivity index (χ2v) is 9.41. The fourth-order valence-electron chi connectivity index (χ4n) is 4.62. The van der Waals surface area contributed by atoms with Gasteiger partial charge in [0.15, 0.2) is 0 Å². The first kappa shape index (κ1) is 20.2. The van der Waals surface area contributed by atoms with Crippen molar-refractivity contribution in [1.82, 2.24) is 9.80 Å². The van der Waals surface area contributed by atoms with E-state index in [0.717, 1.165) is 23.7 Å². The molecule has 0 saturated carbocycles. The van der Waals surface area contributed by atoms with Crippen molar-refractivity contribution < 1.29 is 0 Å². The fourth-order valence-corrected chi connectivity index (χ4v) is 4.62. The summed E-state index contributed by atoms with van der Waals surface area (Å²) in [6, 6.07) is 0. The van der Waals surface area contributed by atoms with Crippen molar-refractivity contribution in [3.63, 3.8) is 0 Å². The number of rotatable bonds is 9. The minimum Gasteiger partial charge on any atom is -0.303 e. The first-order chi connectivity index (χ1) is 11.5. The molecule has 0 unspecified atom stereocenters. The van der Waals surface area contributed by atoms with Gasteiger partial charge < -0.3 is 9.80 Å². The number of likely N-dealkylation sites (tertiary alicyclic amines) is 2. The Labute approximate surface area is 152 Å². The molecule has 0 N–H and O–H groups in total. The zero-order valence-corrected chi connectivity index (χ0v) is 17.1. The van der Waals surface area contributed by atoms with Gasteiger partial charge >= 0.3 is 0 Å². The second kappa shape index (κ2) is 10.8. The molecule has 2 heteroatoms. The molecule has 2 nitrogen and oxygen atoms in total. The van der Waals surface area contributed by atoms with E-state index in [-0.39, 0.29) is 0 Å². The number of nitrogens with zero attached hydrogens (tertiary/aromatic N) is 2. The maximum Gasteiger partial charge on any atom is 0.00106 e. The van der Waals surface area contributed by atoms with Gasteiger partial charge in [0.05, 0.1) is 0 Å². The molecule has 2 aliphatic heterocycles. The summed E-state index contributed by atoms with van der Waals surface area (Å²) in [5.74, 6) is 3.72. The summed E-state index contributed by atoms with van der Waals surface area (Å²) in [5, 5.41) is 0.